The molecule has 0 bridgehead atoms. The molecule has 2 rings (SSSR count). The number of hydrogen-bond acceptors (Lipinski definition) is 5. The van der Waals surface area contributed by atoms with Gasteiger partial charge in [0.2, 0.25) is 10.0 Å². The number of nitrogens with two attached hydrogens (primary N) is 1. The van der Waals surface area contributed by atoms with Crippen LogP contribution < -0.4 is 15.8 Å². The van der Waals surface area contributed by atoms with Crippen LogP contribution in [-0.2, 0) is 23.6 Å². The third kappa shape index (κ3) is 3.34. The van der Waals surface area contributed by atoms with Crippen molar-refractivity contribution in [3.8, 4) is 0 Å². The maximum absolute atomic E-state index is 12.0. The molecule has 0 spiro atoms. The van der Waals surface area contributed by atoms with Crippen molar-refractivity contribution in [1.82, 2.24) is 14.5 Å². The van der Waals surface area contributed by atoms with Gasteiger partial charge in [0.05, 0.1) is 11.4 Å². The fraction of sp³-hybridized carbons (Fsp3) is 0.308. The summed E-state index contributed by atoms with van der Waals surface area (Å²) in [6.07, 6.45) is 1.89. The van der Waals surface area contributed by atoms with Gasteiger partial charge in [-0.25, -0.2) is 13.1 Å². The molecule has 0 unspecified atom stereocenters. The summed E-state index contributed by atoms with van der Waals surface area (Å²) in [7, 11) is -0.362. The van der Waals surface area contributed by atoms with Crippen LogP contribution in [0.3, 0.4) is 0 Å². The Kier molecular flexibility index (Phi) is 4.19. The first-order valence-corrected chi connectivity index (χ1v) is 7.88. The highest BCUT2D eigenvalue weighted by atomic mass is 32.2. The molecule has 114 valence electrons. The summed E-state index contributed by atoms with van der Waals surface area (Å²) in [5.74, 6) is 0. The fourth-order valence-electron chi connectivity index (χ4n) is 2.03. The zero-order valence-corrected chi connectivity index (χ0v) is 13.0. The molecule has 0 fully saturated rings. The van der Waals surface area contributed by atoms with E-state index in [-0.39, 0.29) is 4.90 Å². The van der Waals surface area contributed by atoms with Gasteiger partial charge in [0.25, 0.3) is 0 Å². The van der Waals surface area contributed by atoms with Crippen LogP contribution in [0.1, 0.15) is 11.3 Å². The Labute approximate surface area is 124 Å². The molecule has 0 radical (unpaired) electrons. The lowest BCUT2D eigenvalue weighted by Crippen LogP contribution is -2.20. The minimum atomic E-state index is -3.57. The first-order chi connectivity index (χ1) is 9.83. The van der Waals surface area contributed by atoms with E-state index in [1.807, 2.05) is 20.2 Å². The van der Waals surface area contributed by atoms with Crippen LogP contribution in [0.25, 0.3) is 0 Å². The van der Waals surface area contributed by atoms with E-state index >= 15 is 0 Å². The molecule has 1 aromatic heterocycles. The van der Waals surface area contributed by atoms with E-state index in [2.05, 4.69) is 15.1 Å². The highest BCUT2D eigenvalue weighted by Gasteiger charge is 2.17. The number of aromatic nitrogens is 2. The standard InChI is InChI=1S/C13H19N5O2S/c1-9-10(8-18(3)17-9)7-16-12-5-4-11(14)6-13(12)21(19,20)15-2/h4-6,8,15-16H,7,14H2,1-3H3. The number of nitrogens with zero attached hydrogens (tertiary/aromatic N) is 2. The summed E-state index contributed by atoms with van der Waals surface area (Å²) >= 11 is 0. The molecule has 4 N–H and O–H groups in total. The lowest BCUT2D eigenvalue weighted by atomic mass is 10.2. The molecule has 2 aromatic rings. The topological polar surface area (TPSA) is 102 Å². The molecule has 0 saturated heterocycles. The molecule has 1 aromatic carbocycles. The van der Waals surface area contributed by atoms with Crippen molar-refractivity contribution in [2.24, 2.45) is 7.05 Å². The van der Waals surface area contributed by atoms with Crippen LogP contribution in [0.15, 0.2) is 29.3 Å². The molecule has 21 heavy (non-hydrogen) atoms. The van der Waals surface area contributed by atoms with Crippen molar-refractivity contribution < 1.29 is 8.42 Å². The highest BCUT2D eigenvalue weighted by Crippen LogP contribution is 2.24. The van der Waals surface area contributed by atoms with Gasteiger partial charge >= 0.3 is 0 Å². The Morgan fingerprint density at radius 3 is 2.67 bits per heavy atom. The number of sulfonamides is 1. The van der Waals surface area contributed by atoms with Gasteiger partial charge in [-0.3, -0.25) is 4.68 Å². The van der Waals surface area contributed by atoms with E-state index < -0.39 is 10.0 Å². The second-order valence-corrected chi connectivity index (χ2v) is 6.59. The molecule has 0 atom stereocenters. The van der Waals surface area contributed by atoms with Crippen molar-refractivity contribution in [2.75, 3.05) is 18.1 Å². The lowest BCUT2D eigenvalue weighted by Gasteiger charge is -2.12. The lowest BCUT2D eigenvalue weighted by molar-refractivity contribution is 0.588. The number of hydrogen-bond donors (Lipinski definition) is 3. The zero-order chi connectivity index (χ0) is 15.6. The fourth-order valence-corrected chi connectivity index (χ4v) is 2.97. The third-order valence-corrected chi connectivity index (χ3v) is 4.60. The van der Waals surface area contributed by atoms with E-state index in [0.29, 0.717) is 17.9 Å². The van der Waals surface area contributed by atoms with Crippen molar-refractivity contribution >= 4 is 21.4 Å². The highest BCUT2D eigenvalue weighted by molar-refractivity contribution is 7.89. The van der Waals surface area contributed by atoms with Gasteiger partial charge in [-0.05, 0) is 32.2 Å². The van der Waals surface area contributed by atoms with Crippen molar-refractivity contribution in [3.63, 3.8) is 0 Å². The predicted octanol–water partition coefficient (Wildman–Crippen LogP) is 0.831. The van der Waals surface area contributed by atoms with Crippen LogP contribution >= 0.6 is 0 Å². The van der Waals surface area contributed by atoms with Gasteiger partial charge in [-0.1, -0.05) is 0 Å². The van der Waals surface area contributed by atoms with Gasteiger partial charge in [-0.2, -0.15) is 5.10 Å². The van der Waals surface area contributed by atoms with Crippen LogP contribution in [-0.4, -0.2) is 25.2 Å². The third-order valence-electron chi connectivity index (χ3n) is 3.15. The first-order valence-electron chi connectivity index (χ1n) is 6.39. The van der Waals surface area contributed by atoms with Crippen molar-refractivity contribution in [1.29, 1.82) is 0 Å². The molecule has 0 amide bonds. The van der Waals surface area contributed by atoms with E-state index in [1.54, 1.807) is 16.8 Å². The Bertz CT molecular complexity index is 752. The quantitative estimate of drug-likeness (QED) is 0.710. The van der Waals surface area contributed by atoms with Gasteiger partial charge in [-0.15, -0.1) is 0 Å². The summed E-state index contributed by atoms with van der Waals surface area (Å²) in [6, 6.07) is 4.75. The Morgan fingerprint density at radius 2 is 2.10 bits per heavy atom. The summed E-state index contributed by atoms with van der Waals surface area (Å²) in [5.41, 5.74) is 8.48. The summed E-state index contributed by atoms with van der Waals surface area (Å²) in [4.78, 5) is 0.131. The second-order valence-electron chi connectivity index (χ2n) is 4.73. The summed E-state index contributed by atoms with van der Waals surface area (Å²) in [6.45, 7) is 2.39. The minimum absolute atomic E-state index is 0.131. The number of anilines is 2. The van der Waals surface area contributed by atoms with Crippen molar-refractivity contribution in [2.45, 2.75) is 18.4 Å². The summed E-state index contributed by atoms with van der Waals surface area (Å²) < 4.78 is 28.1. The molecule has 0 aliphatic rings. The number of rotatable bonds is 5. The number of benzene rings is 1. The van der Waals surface area contributed by atoms with Crippen LogP contribution in [0, 0.1) is 6.92 Å². The smallest absolute Gasteiger partial charge is 0.242 e. The predicted molar refractivity (Wildman–Crippen MR) is 82.4 cm³/mol. The Balaban J connectivity index is 2.30. The maximum atomic E-state index is 12.0. The molecule has 1 heterocycles. The van der Waals surface area contributed by atoms with Crippen LogP contribution in [0.5, 0.6) is 0 Å². The van der Waals surface area contributed by atoms with E-state index in [9.17, 15) is 8.42 Å². The van der Waals surface area contributed by atoms with Gasteiger partial charge in [0.1, 0.15) is 4.90 Å². The number of aryl methyl sites for hydroxylation is 2. The molecule has 0 saturated carbocycles. The van der Waals surface area contributed by atoms with E-state index in [4.69, 9.17) is 5.73 Å². The van der Waals surface area contributed by atoms with Gasteiger partial charge in [0, 0.05) is 31.0 Å². The molecule has 0 aliphatic carbocycles. The van der Waals surface area contributed by atoms with E-state index in [0.717, 1.165) is 11.3 Å². The van der Waals surface area contributed by atoms with Crippen LogP contribution in [0.2, 0.25) is 0 Å². The molecule has 8 heteroatoms. The second kappa shape index (κ2) is 5.74. The monoisotopic (exact) mass is 309 g/mol. The molecular weight excluding hydrogens is 290 g/mol. The van der Waals surface area contributed by atoms with Crippen molar-refractivity contribution in [3.05, 3.63) is 35.7 Å². The Hall–Kier alpha value is -2.06. The molecular formula is C13H19N5O2S. The van der Waals surface area contributed by atoms with Gasteiger partial charge in [0.15, 0.2) is 0 Å². The molecule has 0 aliphatic heterocycles. The zero-order valence-electron chi connectivity index (χ0n) is 12.2. The van der Waals surface area contributed by atoms with Crippen LogP contribution in [0.4, 0.5) is 11.4 Å². The largest absolute Gasteiger partial charge is 0.399 e. The minimum Gasteiger partial charge on any atom is -0.399 e. The maximum Gasteiger partial charge on any atom is 0.242 e. The average molecular weight is 309 g/mol. The van der Waals surface area contributed by atoms with Gasteiger partial charge < -0.3 is 11.1 Å². The number of nitrogens with one attached hydrogen (secondary N) is 2. The first kappa shape index (κ1) is 15.3. The normalized spacial score (nSPS) is 11.6. The molecule has 7 nitrogen and oxygen atoms in total. The Morgan fingerprint density at radius 1 is 1.38 bits per heavy atom. The van der Waals surface area contributed by atoms with E-state index in [1.165, 1.54) is 13.1 Å². The SMILES string of the molecule is CNS(=O)(=O)c1cc(N)ccc1NCc1cn(C)nc1C. The average Bonchev–Trinajstić information content (AvgIpc) is 2.75. The summed E-state index contributed by atoms with van der Waals surface area (Å²) in [5, 5.41) is 7.37. The number of nitrogen functional groups attached to an aromatic ring is 1.